The molecule has 2 N–H and O–H groups in total. The third-order valence-electron chi connectivity index (χ3n) is 5.17. The van der Waals surface area contributed by atoms with Crippen molar-refractivity contribution < 1.29 is 9.59 Å². The predicted octanol–water partition coefficient (Wildman–Crippen LogP) is 8.08. The van der Waals surface area contributed by atoms with E-state index in [0.29, 0.717) is 21.3 Å². The van der Waals surface area contributed by atoms with Crippen molar-refractivity contribution in [3.63, 3.8) is 0 Å². The van der Waals surface area contributed by atoms with Crippen LogP contribution in [-0.4, -0.2) is 16.1 Å². The maximum atomic E-state index is 13.0. The van der Waals surface area contributed by atoms with Crippen molar-refractivity contribution in [2.45, 2.75) is 10.3 Å². The van der Waals surface area contributed by atoms with Gasteiger partial charge >= 0.3 is 0 Å². The van der Waals surface area contributed by atoms with Gasteiger partial charge in [0, 0.05) is 21.7 Å². The summed E-state index contributed by atoms with van der Waals surface area (Å²) < 4.78 is -1.36. The van der Waals surface area contributed by atoms with Crippen LogP contribution in [-0.2, 0) is 4.79 Å². The van der Waals surface area contributed by atoms with Gasteiger partial charge < -0.3 is 10.6 Å². The molecule has 1 aliphatic rings. The molecule has 1 fully saturated rings. The van der Waals surface area contributed by atoms with Gasteiger partial charge in [-0.3, -0.25) is 9.59 Å². The number of hydrogen-bond acceptors (Lipinski definition) is 2. The summed E-state index contributed by atoms with van der Waals surface area (Å²) in [5.41, 5.74) is 1.57. The third kappa shape index (κ3) is 5.22. The lowest BCUT2D eigenvalue weighted by atomic mass is 10.1. The topological polar surface area (TPSA) is 58.2 Å². The molecule has 2 atom stereocenters. The summed E-state index contributed by atoms with van der Waals surface area (Å²) in [6.07, 6.45) is 0. The molecule has 3 aromatic carbocycles. The van der Waals surface area contributed by atoms with Crippen molar-refractivity contribution >= 4 is 92.8 Å². The number of alkyl halides is 2. The average molecular weight is 563 g/mol. The molecular weight excluding hydrogens is 549 g/mol. The number of benzene rings is 3. The number of halogens is 6. The number of amides is 2. The van der Waals surface area contributed by atoms with E-state index in [9.17, 15) is 9.59 Å². The number of para-hydroxylation sites is 1. The minimum Gasteiger partial charge on any atom is -0.324 e. The fourth-order valence-electron chi connectivity index (χ4n) is 3.57. The number of anilines is 2. The Morgan fingerprint density at radius 2 is 1.42 bits per heavy atom. The molecule has 170 valence electrons. The molecule has 10 heteroatoms. The van der Waals surface area contributed by atoms with Crippen LogP contribution in [0.3, 0.4) is 0 Å². The van der Waals surface area contributed by atoms with Gasteiger partial charge in [-0.05, 0) is 48.0 Å². The molecule has 4 rings (SSSR count). The second-order valence-corrected chi connectivity index (χ2v) is 10.6. The largest absolute Gasteiger partial charge is 0.324 e. The SMILES string of the molecule is O=C(Nc1ccccc1)c1cc(NC(=O)[C@H]2[C@H](c3cc(Cl)cc(Cl)c3)C2(Cl)Cl)c(Cl)cc1Cl. The number of rotatable bonds is 5. The third-order valence-corrected chi connectivity index (χ3v) is 7.17. The summed E-state index contributed by atoms with van der Waals surface area (Å²) in [5.74, 6) is -2.24. The van der Waals surface area contributed by atoms with Gasteiger partial charge in [0.15, 0.2) is 0 Å². The highest BCUT2D eigenvalue weighted by Crippen LogP contribution is 2.65. The van der Waals surface area contributed by atoms with Gasteiger partial charge in [-0.2, -0.15) is 0 Å². The molecule has 0 saturated heterocycles. The Morgan fingerprint density at radius 3 is 2.06 bits per heavy atom. The van der Waals surface area contributed by atoms with E-state index in [-0.39, 0.29) is 21.3 Å². The monoisotopic (exact) mass is 560 g/mol. The van der Waals surface area contributed by atoms with Crippen LogP contribution < -0.4 is 10.6 Å². The minimum atomic E-state index is -1.36. The molecule has 0 heterocycles. The lowest BCUT2D eigenvalue weighted by molar-refractivity contribution is -0.117. The second-order valence-electron chi connectivity index (χ2n) is 7.45. The quantitative estimate of drug-likeness (QED) is 0.309. The normalized spacial score (nSPS) is 18.5. The molecule has 0 radical (unpaired) electrons. The van der Waals surface area contributed by atoms with Crippen LogP contribution >= 0.6 is 69.6 Å². The zero-order chi connectivity index (χ0) is 23.9. The van der Waals surface area contributed by atoms with E-state index in [1.165, 1.54) is 12.1 Å². The van der Waals surface area contributed by atoms with E-state index in [1.807, 2.05) is 6.07 Å². The highest BCUT2D eigenvalue weighted by Gasteiger charge is 2.67. The maximum absolute atomic E-state index is 13.0. The highest BCUT2D eigenvalue weighted by molar-refractivity contribution is 6.53. The Labute approximate surface area is 220 Å². The number of nitrogens with one attached hydrogen (secondary N) is 2. The van der Waals surface area contributed by atoms with Gasteiger partial charge in [-0.1, -0.05) is 64.6 Å². The van der Waals surface area contributed by atoms with Gasteiger partial charge in [0.2, 0.25) is 5.91 Å². The van der Waals surface area contributed by atoms with Crippen LogP contribution in [0.15, 0.2) is 60.7 Å². The van der Waals surface area contributed by atoms with E-state index in [2.05, 4.69) is 10.6 Å². The van der Waals surface area contributed by atoms with E-state index >= 15 is 0 Å². The molecule has 0 bridgehead atoms. The average Bonchev–Trinajstić information content (AvgIpc) is 3.32. The van der Waals surface area contributed by atoms with Crippen LogP contribution in [0.25, 0.3) is 0 Å². The summed E-state index contributed by atoms with van der Waals surface area (Å²) in [6.45, 7) is 0. The van der Waals surface area contributed by atoms with Crippen molar-refractivity contribution in [2.24, 2.45) is 5.92 Å². The molecule has 3 aromatic rings. The van der Waals surface area contributed by atoms with Crippen LogP contribution in [0.4, 0.5) is 11.4 Å². The molecular formula is C23H14Cl6N2O2. The Hall–Kier alpha value is -1.66. The first-order valence-corrected chi connectivity index (χ1v) is 11.8. The van der Waals surface area contributed by atoms with Crippen molar-refractivity contribution in [2.75, 3.05) is 10.6 Å². The summed E-state index contributed by atoms with van der Waals surface area (Å²) >= 11 is 37.5. The highest BCUT2D eigenvalue weighted by atomic mass is 35.5. The molecule has 0 aromatic heterocycles. The summed E-state index contributed by atoms with van der Waals surface area (Å²) in [4.78, 5) is 25.7. The zero-order valence-corrected chi connectivity index (χ0v) is 21.0. The standard InChI is InChI=1S/C23H14Cl6N2O2/c24-12-6-11(7-13(25)8-12)19-20(23(19,28)29)22(33)31-18-9-15(16(26)10-17(18)27)21(32)30-14-4-2-1-3-5-14/h1-10,19-20H,(H,30,32)(H,31,33)/t19-,20+/m0/s1. The Kier molecular flexibility index (Phi) is 7.07. The molecule has 0 unspecified atom stereocenters. The van der Waals surface area contributed by atoms with Crippen LogP contribution in [0.1, 0.15) is 21.8 Å². The summed E-state index contributed by atoms with van der Waals surface area (Å²) in [7, 11) is 0. The second kappa shape index (κ2) is 9.53. The lowest BCUT2D eigenvalue weighted by Crippen LogP contribution is -2.18. The molecule has 0 spiro atoms. The van der Waals surface area contributed by atoms with Gasteiger partial charge in [-0.15, -0.1) is 23.2 Å². The number of carbonyl (C=O) groups is 2. The summed E-state index contributed by atoms with van der Waals surface area (Å²) in [6, 6.07) is 16.5. The fourth-order valence-corrected chi connectivity index (χ4v) is 5.46. The molecule has 0 aliphatic heterocycles. The zero-order valence-electron chi connectivity index (χ0n) is 16.5. The molecule has 1 aliphatic carbocycles. The maximum Gasteiger partial charge on any atom is 0.257 e. The molecule has 1 saturated carbocycles. The van der Waals surface area contributed by atoms with Crippen LogP contribution in [0.2, 0.25) is 20.1 Å². The first-order chi connectivity index (χ1) is 15.6. The first-order valence-electron chi connectivity index (χ1n) is 9.58. The van der Waals surface area contributed by atoms with Crippen LogP contribution in [0.5, 0.6) is 0 Å². The van der Waals surface area contributed by atoms with Gasteiger partial charge in [-0.25, -0.2) is 0 Å². The van der Waals surface area contributed by atoms with E-state index in [1.54, 1.807) is 42.5 Å². The van der Waals surface area contributed by atoms with Crippen molar-refractivity contribution in [1.29, 1.82) is 0 Å². The molecule has 4 nitrogen and oxygen atoms in total. The first kappa shape index (κ1) is 24.5. The molecule has 2 amide bonds. The fraction of sp³-hybridized carbons (Fsp3) is 0.130. The molecule has 33 heavy (non-hydrogen) atoms. The van der Waals surface area contributed by atoms with Crippen molar-refractivity contribution in [3.05, 3.63) is 91.9 Å². The van der Waals surface area contributed by atoms with E-state index < -0.39 is 28.0 Å². The smallest absolute Gasteiger partial charge is 0.257 e. The van der Waals surface area contributed by atoms with Gasteiger partial charge in [0.1, 0.15) is 4.33 Å². The predicted molar refractivity (Wildman–Crippen MR) is 137 cm³/mol. The summed E-state index contributed by atoms with van der Waals surface area (Å²) in [5, 5.41) is 6.54. The Balaban J connectivity index is 1.55. The number of hydrogen-bond donors (Lipinski definition) is 2. The van der Waals surface area contributed by atoms with Crippen LogP contribution in [0, 0.1) is 5.92 Å². The van der Waals surface area contributed by atoms with E-state index in [0.717, 1.165) is 0 Å². The van der Waals surface area contributed by atoms with Gasteiger partial charge in [0.05, 0.1) is 27.2 Å². The number of carbonyl (C=O) groups excluding carboxylic acids is 2. The van der Waals surface area contributed by atoms with E-state index in [4.69, 9.17) is 69.6 Å². The Bertz CT molecular complexity index is 1230. The minimum absolute atomic E-state index is 0.133. The van der Waals surface area contributed by atoms with Crippen molar-refractivity contribution in [3.8, 4) is 0 Å². The van der Waals surface area contributed by atoms with Gasteiger partial charge in [0.25, 0.3) is 5.91 Å². The van der Waals surface area contributed by atoms with Crippen molar-refractivity contribution in [1.82, 2.24) is 0 Å². The Morgan fingerprint density at radius 1 is 0.788 bits per heavy atom. The lowest BCUT2D eigenvalue weighted by Gasteiger charge is -2.12.